The number of benzene rings is 3. The van der Waals surface area contributed by atoms with E-state index in [0.29, 0.717) is 0 Å². The van der Waals surface area contributed by atoms with Crippen LogP contribution < -0.4 is 15.7 Å². The predicted octanol–water partition coefficient (Wildman–Crippen LogP) is 5.70. The fourth-order valence-electron chi connectivity index (χ4n) is 3.40. The third-order valence-corrected chi connectivity index (χ3v) is 7.83. The highest BCUT2D eigenvalue weighted by Crippen LogP contribution is 2.40. The highest BCUT2D eigenvalue weighted by atomic mass is 31.2. The van der Waals surface area contributed by atoms with Crippen LogP contribution in [0.15, 0.2) is 90.5 Å². The van der Waals surface area contributed by atoms with Gasteiger partial charge in [-0.05, 0) is 55.7 Å². The maximum absolute atomic E-state index is 14.3. The summed E-state index contributed by atoms with van der Waals surface area (Å²) in [7, 11) is -2.96. The molecule has 0 saturated carbocycles. The van der Waals surface area contributed by atoms with Crippen LogP contribution in [0.3, 0.4) is 0 Å². The van der Waals surface area contributed by atoms with Crippen molar-refractivity contribution in [2.75, 3.05) is 0 Å². The molecular formula is C25H28NOP. The minimum absolute atomic E-state index is 0.0193. The van der Waals surface area contributed by atoms with Gasteiger partial charge < -0.3 is 0 Å². The first-order valence-corrected chi connectivity index (χ1v) is 11.5. The zero-order chi connectivity index (χ0) is 20.0. The number of hydrogen-bond acceptors (Lipinski definition) is 1. The van der Waals surface area contributed by atoms with Crippen LogP contribution in [0.25, 0.3) is 6.08 Å². The summed E-state index contributed by atoms with van der Waals surface area (Å²) in [5.41, 5.74) is 3.63. The van der Waals surface area contributed by atoms with Gasteiger partial charge in [-0.3, -0.25) is 9.65 Å². The zero-order valence-electron chi connectivity index (χ0n) is 16.8. The van der Waals surface area contributed by atoms with Crippen molar-refractivity contribution in [1.82, 2.24) is 5.09 Å². The van der Waals surface area contributed by atoms with E-state index >= 15 is 0 Å². The summed E-state index contributed by atoms with van der Waals surface area (Å²) in [6.07, 6.45) is 3.06. The predicted molar refractivity (Wildman–Crippen MR) is 122 cm³/mol. The molecule has 0 amide bonds. The Morgan fingerprint density at radius 3 is 1.89 bits per heavy atom. The summed E-state index contributed by atoms with van der Waals surface area (Å²) in [5, 5.41) is 5.21. The van der Waals surface area contributed by atoms with Crippen molar-refractivity contribution in [2.24, 2.45) is 0 Å². The highest BCUT2D eigenvalue weighted by molar-refractivity contribution is 7.76. The number of aryl methyl sites for hydroxylation is 1. The Morgan fingerprint density at radius 2 is 1.39 bits per heavy atom. The normalized spacial score (nSPS) is 13.3. The summed E-state index contributed by atoms with van der Waals surface area (Å²) in [6.45, 7) is 6.37. The molecule has 0 aliphatic carbocycles. The van der Waals surface area contributed by atoms with E-state index in [4.69, 9.17) is 0 Å². The molecule has 3 aromatic rings. The van der Waals surface area contributed by atoms with Gasteiger partial charge in [-0.1, -0.05) is 79.2 Å². The summed E-state index contributed by atoms with van der Waals surface area (Å²) in [6, 6.07) is 27.9. The van der Waals surface area contributed by atoms with Gasteiger partial charge in [0.2, 0.25) is 7.29 Å². The van der Waals surface area contributed by atoms with Gasteiger partial charge in [-0.15, -0.1) is 0 Å². The Labute approximate surface area is 168 Å². The summed E-state index contributed by atoms with van der Waals surface area (Å²) >= 11 is 0. The molecule has 0 aliphatic rings. The van der Waals surface area contributed by atoms with Crippen LogP contribution in [0.4, 0.5) is 0 Å². The molecule has 1 N–H and O–H groups in total. The van der Waals surface area contributed by atoms with E-state index in [1.54, 1.807) is 0 Å². The molecule has 1 atom stereocenters. The first kappa shape index (κ1) is 20.3. The van der Waals surface area contributed by atoms with Gasteiger partial charge in [0, 0.05) is 16.7 Å². The van der Waals surface area contributed by atoms with Gasteiger partial charge in [0.1, 0.15) is 0 Å². The van der Waals surface area contributed by atoms with Gasteiger partial charge in [-0.2, -0.15) is 0 Å². The first-order chi connectivity index (χ1) is 13.5. The van der Waals surface area contributed by atoms with Crippen LogP contribution in [0.2, 0.25) is 0 Å². The zero-order valence-corrected chi connectivity index (χ0v) is 17.7. The molecule has 0 aliphatic heterocycles. The monoisotopic (exact) mass is 389 g/mol. The quantitative estimate of drug-likeness (QED) is 0.526. The molecule has 3 heteroatoms. The molecule has 0 radical (unpaired) electrons. The van der Waals surface area contributed by atoms with E-state index in [0.717, 1.165) is 17.0 Å². The Hall–Kier alpha value is -2.41. The van der Waals surface area contributed by atoms with E-state index in [2.05, 4.69) is 56.2 Å². The van der Waals surface area contributed by atoms with Gasteiger partial charge in [0.15, 0.2) is 0 Å². The summed E-state index contributed by atoms with van der Waals surface area (Å²) in [4.78, 5) is 0. The third kappa shape index (κ3) is 4.52. The Morgan fingerprint density at radius 1 is 0.893 bits per heavy atom. The van der Waals surface area contributed by atoms with Crippen LogP contribution in [-0.2, 0) is 4.57 Å². The summed E-state index contributed by atoms with van der Waals surface area (Å²) < 4.78 is 14.3. The highest BCUT2D eigenvalue weighted by Gasteiger charge is 2.29. The molecule has 0 fully saturated rings. The minimum atomic E-state index is -2.96. The van der Waals surface area contributed by atoms with Crippen LogP contribution in [0.1, 0.15) is 31.4 Å². The molecule has 0 bridgehead atoms. The average molecular weight is 389 g/mol. The van der Waals surface area contributed by atoms with Gasteiger partial charge >= 0.3 is 0 Å². The SMILES string of the molecule is CC[C@@H](NP(=O)(c1ccccc1)c1ccccc1)/C(C)=C/c1ccccc1C. The molecule has 0 unspecified atom stereocenters. The lowest BCUT2D eigenvalue weighted by molar-refractivity contribution is 0.565. The van der Waals surface area contributed by atoms with Crippen LogP contribution in [0.5, 0.6) is 0 Å². The van der Waals surface area contributed by atoms with E-state index in [9.17, 15) is 4.57 Å². The van der Waals surface area contributed by atoms with E-state index in [-0.39, 0.29) is 6.04 Å². The van der Waals surface area contributed by atoms with E-state index in [1.165, 1.54) is 16.7 Å². The number of hydrogen-bond donors (Lipinski definition) is 1. The van der Waals surface area contributed by atoms with Crippen molar-refractivity contribution in [3.63, 3.8) is 0 Å². The molecule has 28 heavy (non-hydrogen) atoms. The standard InChI is InChI=1S/C25H28NOP/c1-4-25(21(3)19-22-14-12-11-13-20(22)2)26-28(27,23-15-7-5-8-16-23)24-17-9-6-10-18-24/h5-19,25H,4H2,1-3H3,(H,26,27)/b21-19+/t25-/m1/s1. The van der Waals surface area contributed by atoms with Crippen molar-refractivity contribution < 1.29 is 4.57 Å². The Bertz CT molecular complexity index is 936. The van der Waals surface area contributed by atoms with Gasteiger partial charge in [0.05, 0.1) is 0 Å². The smallest absolute Gasteiger partial charge is 0.205 e. The summed E-state index contributed by atoms with van der Waals surface area (Å²) in [5.74, 6) is 0. The molecule has 3 rings (SSSR count). The molecule has 0 spiro atoms. The molecular weight excluding hydrogens is 361 g/mol. The molecule has 3 aromatic carbocycles. The molecule has 0 heterocycles. The average Bonchev–Trinajstić information content (AvgIpc) is 2.74. The second-order valence-electron chi connectivity index (χ2n) is 7.12. The topological polar surface area (TPSA) is 29.1 Å². The molecule has 0 aromatic heterocycles. The van der Waals surface area contributed by atoms with Crippen LogP contribution in [-0.4, -0.2) is 6.04 Å². The lowest BCUT2D eigenvalue weighted by Crippen LogP contribution is -2.35. The van der Waals surface area contributed by atoms with Crippen molar-refractivity contribution in [3.8, 4) is 0 Å². The maximum atomic E-state index is 14.3. The third-order valence-electron chi connectivity index (χ3n) is 5.11. The molecule has 144 valence electrons. The second-order valence-corrected chi connectivity index (χ2v) is 9.62. The van der Waals surface area contributed by atoms with Gasteiger partial charge in [0.25, 0.3) is 0 Å². The maximum Gasteiger partial charge on any atom is 0.205 e. The fourth-order valence-corrected chi connectivity index (χ4v) is 6.01. The van der Waals surface area contributed by atoms with Crippen molar-refractivity contribution in [1.29, 1.82) is 0 Å². The number of rotatable bonds is 7. The van der Waals surface area contributed by atoms with E-state index in [1.807, 2.05) is 60.7 Å². The molecule has 2 nitrogen and oxygen atoms in total. The number of nitrogens with one attached hydrogen (secondary N) is 1. The molecule has 0 saturated heterocycles. The van der Waals surface area contributed by atoms with Crippen molar-refractivity contribution in [3.05, 3.63) is 102 Å². The Kier molecular flexibility index (Phi) is 6.67. The van der Waals surface area contributed by atoms with Crippen LogP contribution >= 0.6 is 7.29 Å². The van der Waals surface area contributed by atoms with Crippen molar-refractivity contribution in [2.45, 2.75) is 33.2 Å². The van der Waals surface area contributed by atoms with Crippen LogP contribution in [0, 0.1) is 6.92 Å². The minimum Gasteiger partial charge on any atom is -0.297 e. The van der Waals surface area contributed by atoms with E-state index < -0.39 is 7.29 Å². The second kappa shape index (κ2) is 9.19. The fraction of sp³-hybridized carbons (Fsp3) is 0.200. The van der Waals surface area contributed by atoms with Gasteiger partial charge in [-0.25, -0.2) is 0 Å². The van der Waals surface area contributed by atoms with Crippen molar-refractivity contribution >= 4 is 24.0 Å². The first-order valence-electron chi connectivity index (χ1n) is 9.77. The largest absolute Gasteiger partial charge is 0.297 e. The Balaban J connectivity index is 2.00. The lowest BCUT2D eigenvalue weighted by Gasteiger charge is -2.27. The lowest BCUT2D eigenvalue weighted by atomic mass is 10.0.